The molecule has 4 fully saturated rings. The number of carbonyl (C=O) groups excluding carboxylic acids is 2. The molecule has 0 bridgehead atoms. The summed E-state index contributed by atoms with van der Waals surface area (Å²) >= 11 is 0. The lowest BCUT2D eigenvalue weighted by molar-refractivity contribution is -0.137. The Morgan fingerprint density at radius 1 is 1.00 bits per heavy atom. The van der Waals surface area contributed by atoms with Crippen LogP contribution < -0.4 is 5.32 Å². The maximum atomic E-state index is 15.6. The number of amides is 2. The van der Waals surface area contributed by atoms with Gasteiger partial charge < -0.3 is 10.2 Å². The van der Waals surface area contributed by atoms with Crippen LogP contribution in [-0.4, -0.2) is 60.4 Å². The first-order chi connectivity index (χ1) is 19.8. The minimum absolute atomic E-state index is 0.0334. The van der Waals surface area contributed by atoms with Crippen LogP contribution in [0, 0.1) is 11.7 Å². The zero-order chi connectivity index (χ0) is 30.0. The third-order valence-electron chi connectivity index (χ3n) is 8.66. The lowest BCUT2D eigenvalue weighted by Crippen LogP contribution is -2.59. The van der Waals surface area contributed by atoms with Crippen LogP contribution in [0.3, 0.4) is 0 Å². The van der Waals surface area contributed by atoms with Crippen molar-refractivity contribution in [1.82, 2.24) is 14.5 Å². The van der Waals surface area contributed by atoms with E-state index >= 15 is 4.39 Å². The number of benzene rings is 2. The van der Waals surface area contributed by atoms with Crippen LogP contribution in [0.4, 0.5) is 22.0 Å². The van der Waals surface area contributed by atoms with Crippen LogP contribution in [0.1, 0.15) is 71.6 Å². The molecule has 0 aromatic heterocycles. The van der Waals surface area contributed by atoms with Crippen molar-refractivity contribution in [3.8, 4) is 0 Å². The number of nitrogens with zero attached hydrogens (tertiary/aromatic N) is 2. The number of halogens is 5. The van der Waals surface area contributed by atoms with Gasteiger partial charge in [0.1, 0.15) is 11.9 Å². The molecule has 226 valence electrons. The van der Waals surface area contributed by atoms with Gasteiger partial charge in [0.15, 0.2) is 5.67 Å². The molecular formula is C29H30F5N3O4S. The Morgan fingerprint density at radius 3 is 2.33 bits per heavy atom. The fourth-order valence-corrected chi connectivity index (χ4v) is 7.84. The fraction of sp³-hybridized carbons (Fsp3) is 0.517. The smallest absolute Gasteiger partial charge is 0.347 e. The molecule has 42 heavy (non-hydrogen) atoms. The van der Waals surface area contributed by atoms with Crippen molar-refractivity contribution >= 4 is 21.8 Å². The summed E-state index contributed by atoms with van der Waals surface area (Å²) in [6, 6.07) is 6.46. The molecule has 2 aromatic carbocycles. The molecule has 4 aliphatic rings. The van der Waals surface area contributed by atoms with Crippen molar-refractivity contribution in [1.29, 1.82) is 0 Å². The molecule has 2 amide bonds. The molecule has 2 aliphatic carbocycles. The summed E-state index contributed by atoms with van der Waals surface area (Å²) in [4.78, 5) is 28.3. The van der Waals surface area contributed by atoms with Gasteiger partial charge in [0.05, 0.1) is 29.9 Å². The Labute approximate surface area is 240 Å². The van der Waals surface area contributed by atoms with Crippen LogP contribution in [0.2, 0.25) is 0 Å². The van der Waals surface area contributed by atoms with E-state index in [0.717, 1.165) is 16.4 Å². The standard InChI is InChI=1S/C29H30F5N3O4S/c30-23-14-20(29(32,33)34)8-11-22(23)25(17-6-7-17)35-26(38)24-5-2-12-37(24)27(39)18-3-1-4-19(13-18)28(31)15-36(16-28)42(40,41)21-9-10-21/h1,3-4,8,11,13-14,17,21,24-25H,2,5-7,9-10,12,15-16H2,(H,35,38)/t24?,25-/m1/s1. The Kier molecular flexibility index (Phi) is 7.11. The number of alkyl halides is 4. The first-order valence-electron chi connectivity index (χ1n) is 14.0. The molecule has 2 aliphatic heterocycles. The number of likely N-dealkylation sites (tertiary alicyclic amines) is 1. The Hall–Kier alpha value is -3.06. The lowest BCUT2D eigenvalue weighted by Gasteiger charge is -2.43. The molecule has 0 spiro atoms. The quantitative estimate of drug-likeness (QED) is 0.439. The largest absolute Gasteiger partial charge is 0.416 e. The number of rotatable bonds is 8. The molecule has 1 N–H and O–H groups in total. The molecule has 0 radical (unpaired) electrons. The van der Waals surface area contributed by atoms with Gasteiger partial charge in [-0.1, -0.05) is 18.2 Å². The van der Waals surface area contributed by atoms with E-state index in [1.165, 1.54) is 29.2 Å². The van der Waals surface area contributed by atoms with Crippen LogP contribution in [-0.2, 0) is 26.7 Å². The lowest BCUT2D eigenvalue weighted by atomic mass is 9.89. The predicted octanol–water partition coefficient (Wildman–Crippen LogP) is 4.69. The van der Waals surface area contributed by atoms with Crippen molar-refractivity contribution in [3.05, 3.63) is 70.5 Å². The summed E-state index contributed by atoms with van der Waals surface area (Å²) < 4.78 is 95.5. The third-order valence-corrected chi connectivity index (χ3v) is 10.9. The zero-order valence-electron chi connectivity index (χ0n) is 22.5. The molecule has 6 rings (SSSR count). The highest BCUT2D eigenvalue weighted by Gasteiger charge is 2.54. The van der Waals surface area contributed by atoms with Gasteiger partial charge in [0, 0.05) is 17.7 Å². The molecular weight excluding hydrogens is 581 g/mol. The third kappa shape index (κ3) is 5.41. The number of nitrogens with one attached hydrogen (secondary N) is 1. The molecule has 2 saturated carbocycles. The van der Waals surface area contributed by atoms with E-state index in [1.807, 2.05) is 0 Å². The van der Waals surface area contributed by atoms with Gasteiger partial charge in [-0.05, 0) is 74.3 Å². The second-order valence-electron chi connectivity index (χ2n) is 11.8. The Bertz CT molecular complexity index is 1520. The van der Waals surface area contributed by atoms with E-state index < -0.39 is 62.4 Å². The van der Waals surface area contributed by atoms with Gasteiger partial charge >= 0.3 is 6.18 Å². The second kappa shape index (κ2) is 10.3. The first kappa shape index (κ1) is 29.0. The monoisotopic (exact) mass is 611 g/mol. The summed E-state index contributed by atoms with van der Waals surface area (Å²) in [7, 11) is -3.51. The normalized spacial score (nSPS) is 23.4. The van der Waals surface area contributed by atoms with Gasteiger partial charge in [-0.2, -0.15) is 17.5 Å². The van der Waals surface area contributed by atoms with E-state index in [9.17, 15) is 35.6 Å². The minimum Gasteiger partial charge on any atom is -0.347 e. The van der Waals surface area contributed by atoms with Gasteiger partial charge in [0.2, 0.25) is 15.9 Å². The highest BCUT2D eigenvalue weighted by molar-refractivity contribution is 7.90. The zero-order valence-corrected chi connectivity index (χ0v) is 23.4. The maximum Gasteiger partial charge on any atom is 0.416 e. The molecule has 13 heteroatoms. The van der Waals surface area contributed by atoms with E-state index in [-0.39, 0.29) is 42.2 Å². The van der Waals surface area contributed by atoms with Gasteiger partial charge in [0.25, 0.3) is 5.91 Å². The van der Waals surface area contributed by atoms with Crippen LogP contribution in [0.5, 0.6) is 0 Å². The molecule has 2 heterocycles. The number of sulfonamides is 1. The van der Waals surface area contributed by atoms with Gasteiger partial charge in [-0.3, -0.25) is 9.59 Å². The average Bonchev–Trinajstić information content (AvgIpc) is 3.86. The molecule has 1 unspecified atom stereocenters. The summed E-state index contributed by atoms with van der Waals surface area (Å²) in [5.41, 5.74) is -2.74. The van der Waals surface area contributed by atoms with E-state index in [4.69, 9.17) is 0 Å². The predicted molar refractivity (Wildman–Crippen MR) is 142 cm³/mol. The van der Waals surface area contributed by atoms with Crippen molar-refractivity contribution in [2.24, 2.45) is 5.92 Å². The number of carbonyl (C=O) groups is 2. The summed E-state index contributed by atoms with van der Waals surface area (Å²) in [5.74, 6) is -2.22. The Balaban J connectivity index is 1.16. The van der Waals surface area contributed by atoms with Crippen molar-refractivity contribution in [2.45, 2.75) is 67.7 Å². The Morgan fingerprint density at radius 2 is 1.71 bits per heavy atom. The van der Waals surface area contributed by atoms with Gasteiger partial charge in [-0.15, -0.1) is 0 Å². The SMILES string of the molecule is O=C(N[C@@H](c1ccc(C(F)(F)F)cc1F)C1CC1)C1CCCN1C(=O)c1cccc(C2(F)CN(S(=O)(=O)C3CC3)C2)c1. The molecule has 2 saturated heterocycles. The van der Waals surface area contributed by atoms with Gasteiger partial charge in [-0.25, -0.2) is 17.2 Å². The second-order valence-corrected chi connectivity index (χ2v) is 14.0. The first-order valence-corrected chi connectivity index (χ1v) is 15.5. The van der Waals surface area contributed by atoms with Crippen molar-refractivity contribution in [2.75, 3.05) is 19.6 Å². The minimum atomic E-state index is -4.70. The maximum absolute atomic E-state index is 15.6. The van der Waals surface area contributed by atoms with Crippen molar-refractivity contribution < 1.29 is 40.0 Å². The summed E-state index contributed by atoms with van der Waals surface area (Å²) in [6.07, 6.45) is -1.33. The topological polar surface area (TPSA) is 86.8 Å². The summed E-state index contributed by atoms with van der Waals surface area (Å²) in [6.45, 7) is -0.374. The molecule has 2 atom stereocenters. The van der Waals surface area contributed by atoms with Crippen molar-refractivity contribution in [3.63, 3.8) is 0 Å². The van der Waals surface area contributed by atoms with E-state index in [1.54, 1.807) is 0 Å². The highest BCUT2D eigenvalue weighted by Crippen LogP contribution is 2.44. The molecule has 7 nitrogen and oxygen atoms in total. The average molecular weight is 612 g/mol. The van der Waals surface area contributed by atoms with Crippen LogP contribution in [0.25, 0.3) is 0 Å². The van der Waals surface area contributed by atoms with E-state index in [0.29, 0.717) is 44.6 Å². The van der Waals surface area contributed by atoms with E-state index in [2.05, 4.69) is 5.32 Å². The number of hydrogen-bond donors (Lipinski definition) is 1. The fourth-order valence-electron chi connectivity index (χ4n) is 5.92. The van der Waals surface area contributed by atoms with Crippen LogP contribution in [0.15, 0.2) is 42.5 Å². The molecule has 2 aromatic rings. The van der Waals surface area contributed by atoms with Crippen LogP contribution >= 0.6 is 0 Å². The number of hydrogen-bond acceptors (Lipinski definition) is 4. The summed E-state index contributed by atoms with van der Waals surface area (Å²) in [5, 5.41) is 2.34. The highest BCUT2D eigenvalue weighted by atomic mass is 32.2.